The van der Waals surface area contributed by atoms with Crippen LogP contribution in [0.25, 0.3) is 0 Å². The summed E-state index contributed by atoms with van der Waals surface area (Å²) >= 11 is 0. The molecule has 0 atom stereocenters. The number of ether oxygens (including phenoxy) is 2. The van der Waals surface area contributed by atoms with Crippen LogP contribution in [0.1, 0.15) is 18.1 Å². The molecule has 1 aromatic carbocycles. The lowest BCUT2D eigenvalue weighted by atomic mass is 10.1. The SMILES string of the molecule is CCOCCc1cccc(OC(=O)O)c1C. The smallest absolute Gasteiger partial charge is 0.449 e. The third-order valence-electron chi connectivity index (χ3n) is 2.31. The van der Waals surface area contributed by atoms with Gasteiger partial charge >= 0.3 is 6.16 Å². The van der Waals surface area contributed by atoms with Gasteiger partial charge < -0.3 is 14.6 Å². The van der Waals surface area contributed by atoms with Crippen molar-refractivity contribution in [3.05, 3.63) is 29.3 Å². The molecule has 0 saturated carbocycles. The van der Waals surface area contributed by atoms with Gasteiger partial charge in [0.2, 0.25) is 0 Å². The second-order valence-electron chi connectivity index (χ2n) is 3.36. The minimum absolute atomic E-state index is 0.390. The Balaban J connectivity index is 2.74. The first-order valence-electron chi connectivity index (χ1n) is 5.22. The van der Waals surface area contributed by atoms with Crippen molar-refractivity contribution < 1.29 is 19.4 Å². The van der Waals surface area contributed by atoms with E-state index in [1.54, 1.807) is 12.1 Å². The topological polar surface area (TPSA) is 55.8 Å². The molecule has 4 heteroatoms. The van der Waals surface area contributed by atoms with Crippen molar-refractivity contribution in [2.75, 3.05) is 13.2 Å². The molecule has 0 amide bonds. The Morgan fingerprint density at radius 1 is 1.44 bits per heavy atom. The number of benzene rings is 1. The molecule has 0 radical (unpaired) electrons. The number of hydrogen-bond acceptors (Lipinski definition) is 3. The van der Waals surface area contributed by atoms with Crippen molar-refractivity contribution in [3.8, 4) is 5.75 Å². The van der Waals surface area contributed by atoms with Crippen LogP contribution in [0, 0.1) is 6.92 Å². The fraction of sp³-hybridized carbons (Fsp3) is 0.417. The van der Waals surface area contributed by atoms with E-state index in [2.05, 4.69) is 4.74 Å². The second kappa shape index (κ2) is 6.12. The van der Waals surface area contributed by atoms with Crippen LogP contribution in [0.15, 0.2) is 18.2 Å². The molecule has 0 unspecified atom stereocenters. The third kappa shape index (κ3) is 3.55. The Labute approximate surface area is 94.8 Å². The van der Waals surface area contributed by atoms with Gasteiger partial charge in [0.15, 0.2) is 0 Å². The minimum atomic E-state index is -1.29. The Morgan fingerprint density at radius 2 is 2.19 bits per heavy atom. The molecule has 0 aliphatic heterocycles. The van der Waals surface area contributed by atoms with Crippen molar-refractivity contribution in [2.45, 2.75) is 20.3 Å². The molecular formula is C12H16O4. The maximum atomic E-state index is 10.4. The zero-order chi connectivity index (χ0) is 12.0. The summed E-state index contributed by atoms with van der Waals surface area (Å²) in [6.45, 7) is 5.11. The predicted octanol–water partition coefficient (Wildman–Crippen LogP) is 2.63. The van der Waals surface area contributed by atoms with Gasteiger partial charge in [0.25, 0.3) is 0 Å². The zero-order valence-electron chi connectivity index (χ0n) is 9.53. The lowest BCUT2D eigenvalue weighted by molar-refractivity contribution is 0.144. The van der Waals surface area contributed by atoms with Crippen LogP contribution in [0.3, 0.4) is 0 Å². The van der Waals surface area contributed by atoms with E-state index in [4.69, 9.17) is 9.84 Å². The van der Waals surface area contributed by atoms with Gasteiger partial charge in [0, 0.05) is 6.61 Å². The van der Waals surface area contributed by atoms with E-state index in [0.29, 0.717) is 19.0 Å². The average Bonchev–Trinajstić information content (AvgIpc) is 2.23. The van der Waals surface area contributed by atoms with Gasteiger partial charge in [0.05, 0.1) is 6.61 Å². The van der Waals surface area contributed by atoms with Gasteiger partial charge in [0.1, 0.15) is 5.75 Å². The molecule has 0 spiro atoms. The highest BCUT2D eigenvalue weighted by atomic mass is 16.7. The second-order valence-corrected chi connectivity index (χ2v) is 3.36. The first kappa shape index (κ1) is 12.5. The van der Waals surface area contributed by atoms with Crippen molar-refractivity contribution in [1.82, 2.24) is 0 Å². The molecule has 1 rings (SSSR count). The highest BCUT2D eigenvalue weighted by Crippen LogP contribution is 2.21. The summed E-state index contributed by atoms with van der Waals surface area (Å²) in [4.78, 5) is 10.4. The Hall–Kier alpha value is -1.55. The minimum Gasteiger partial charge on any atom is -0.449 e. The molecule has 1 N–H and O–H groups in total. The van der Waals surface area contributed by atoms with Crippen molar-refractivity contribution in [2.24, 2.45) is 0 Å². The fourth-order valence-electron chi connectivity index (χ4n) is 1.46. The first-order chi connectivity index (χ1) is 7.65. The third-order valence-corrected chi connectivity index (χ3v) is 2.31. The summed E-state index contributed by atoms with van der Waals surface area (Å²) in [7, 11) is 0. The van der Waals surface area contributed by atoms with Crippen LogP contribution in [-0.4, -0.2) is 24.5 Å². The van der Waals surface area contributed by atoms with Crippen LogP contribution in [0.2, 0.25) is 0 Å². The van der Waals surface area contributed by atoms with Crippen LogP contribution in [0.4, 0.5) is 4.79 Å². The summed E-state index contributed by atoms with van der Waals surface area (Å²) in [5.41, 5.74) is 1.90. The molecule has 0 aromatic heterocycles. The standard InChI is InChI=1S/C12H16O4/c1-3-15-8-7-10-5-4-6-11(9(10)2)16-12(13)14/h4-6H,3,7-8H2,1-2H3,(H,13,14). The Morgan fingerprint density at radius 3 is 2.81 bits per heavy atom. The van der Waals surface area contributed by atoms with Crippen LogP contribution < -0.4 is 4.74 Å². The van der Waals surface area contributed by atoms with Crippen LogP contribution in [0.5, 0.6) is 5.75 Å². The Bertz CT molecular complexity index is 360. The lowest BCUT2D eigenvalue weighted by Crippen LogP contribution is -2.06. The molecule has 16 heavy (non-hydrogen) atoms. The summed E-state index contributed by atoms with van der Waals surface area (Å²) in [5, 5.41) is 8.55. The first-order valence-corrected chi connectivity index (χ1v) is 5.22. The quantitative estimate of drug-likeness (QED) is 0.474. The van der Waals surface area contributed by atoms with E-state index < -0.39 is 6.16 Å². The van der Waals surface area contributed by atoms with Crippen molar-refractivity contribution in [1.29, 1.82) is 0 Å². The van der Waals surface area contributed by atoms with Crippen LogP contribution in [-0.2, 0) is 11.2 Å². The van der Waals surface area contributed by atoms with Gasteiger partial charge in [-0.2, -0.15) is 0 Å². The number of carbonyl (C=O) groups is 1. The molecule has 0 bridgehead atoms. The highest BCUT2D eigenvalue weighted by molar-refractivity contribution is 5.62. The fourth-order valence-corrected chi connectivity index (χ4v) is 1.46. The normalized spacial score (nSPS) is 10.1. The molecule has 0 saturated heterocycles. The molecule has 0 fully saturated rings. The molecule has 88 valence electrons. The summed E-state index contributed by atoms with van der Waals surface area (Å²) in [6.07, 6.45) is -0.527. The van der Waals surface area contributed by atoms with E-state index in [9.17, 15) is 4.79 Å². The summed E-state index contributed by atoms with van der Waals surface area (Å²) in [5.74, 6) is 0.390. The summed E-state index contributed by atoms with van der Waals surface area (Å²) in [6, 6.07) is 5.38. The van der Waals surface area contributed by atoms with Crippen molar-refractivity contribution >= 4 is 6.16 Å². The molecule has 0 heterocycles. The van der Waals surface area contributed by atoms with E-state index in [1.165, 1.54) is 0 Å². The highest BCUT2D eigenvalue weighted by Gasteiger charge is 2.07. The van der Waals surface area contributed by atoms with E-state index in [0.717, 1.165) is 17.5 Å². The lowest BCUT2D eigenvalue weighted by Gasteiger charge is -2.09. The largest absolute Gasteiger partial charge is 0.511 e. The number of rotatable bonds is 5. The van der Waals surface area contributed by atoms with Gasteiger partial charge in [-0.3, -0.25) is 0 Å². The molecule has 0 aliphatic rings. The molecular weight excluding hydrogens is 208 g/mol. The number of carboxylic acid groups (broad SMARTS) is 1. The Kier molecular flexibility index (Phi) is 4.79. The van der Waals surface area contributed by atoms with E-state index >= 15 is 0 Å². The molecule has 4 nitrogen and oxygen atoms in total. The average molecular weight is 224 g/mol. The molecule has 1 aromatic rings. The molecule has 0 aliphatic carbocycles. The van der Waals surface area contributed by atoms with Crippen molar-refractivity contribution in [3.63, 3.8) is 0 Å². The van der Waals surface area contributed by atoms with Gasteiger partial charge in [-0.1, -0.05) is 12.1 Å². The zero-order valence-corrected chi connectivity index (χ0v) is 9.53. The van der Waals surface area contributed by atoms with Gasteiger partial charge in [-0.25, -0.2) is 4.79 Å². The van der Waals surface area contributed by atoms with E-state index in [1.807, 2.05) is 19.9 Å². The van der Waals surface area contributed by atoms with E-state index in [-0.39, 0.29) is 0 Å². The van der Waals surface area contributed by atoms with Gasteiger partial charge in [-0.05, 0) is 37.5 Å². The van der Waals surface area contributed by atoms with Gasteiger partial charge in [-0.15, -0.1) is 0 Å². The monoisotopic (exact) mass is 224 g/mol. The maximum Gasteiger partial charge on any atom is 0.511 e. The number of hydrogen-bond donors (Lipinski definition) is 1. The summed E-state index contributed by atoms with van der Waals surface area (Å²) < 4.78 is 9.92. The maximum absolute atomic E-state index is 10.4. The predicted molar refractivity (Wildman–Crippen MR) is 60.0 cm³/mol. The van der Waals surface area contributed by atoms with Crippen LogP contribution >= 0.6 is 0 Å².